The van der Waals surface area contributed by atoms with Gasteiger partial charge >= 0.3 is 5.97 Å². The van der Waals surface area contributed by atoms with Crippen molar-refractivity contribution >= 4 is 5.97 Å². The van der Waals surface area contributed by atoms with Crippen LogP contribution in [0.25, 0.3) is 0 Å². The Kier molecular flexibility index (Phi) is 3.66. The Morgan fingerprint density at radius 3 is 3.00 bits per heavy atom. The monoisotopic (exact) mass is 166 g/mol. The van der Waals surface area contributed by atoms with E-state index in [0.717, 1.165) is 25.7 Å². The number of ether oxygens (including phenoxy) is 1. The van der Waals surface area contributed by atoms with Gasteiger partial charge in [-0.25, -0.2) is 0 Å². The Hall–Kier alpha value is -0.970. The molecule has 0 saturated carbocycles. The first-order chi connectivity index (χ1) is 5.79. The van der Waals surface area contributed by atoms with E-state index in [1.807, 2.05) is 6.92 Å². The summed E-state index contributed by atoms with van der Waals surface area (Å²) in [5.74, 6) is 6.02. The summed E-state index contributed by atoms with van der Waals surface area (Å²) in [5, 5.41) is 0. The third-order valence-corrected chi connectivity index (χ3v) is 1.82. The lowest BCUT2D eigenvalue weighted by Crippen LogP contribution is -2.14. The minimum atomic E-state index is -0.0776. The van der Waals surface area contributed by atoms with E-state index >= 15 is 0 Å². The summed E-state index contributed by atoms with van der Waals surface area (Å²) in [4.78, 5) is 11.0. The molecule has 66 valence electrons. The largest absolute Gasteiger partial charge is 0.463 e. The summed E-state index contributed by atoms with van der Waals surface area (Å²) < 4.78 is 5.12. The smallest absolute Gasteiger partial charge is 0.306 e. The second kappa shape index (κ2) is 4.82. The van der Waals surface area contributed by atoms with Crippen molar-refractivity contribution in [1.82, 2.24) is 0 Å². The quantitative estimate of drug-likeness (QED) is 0.405. The molecule has 0 aromatic rings. The average Bonchev–Trinajstić information content (AvgIpc) is 2.02. The van der Waals surface area contributed by atoms with E-state index in [-0.39, 0.29) is 12.1 Å². The molecule has 1 aliphatic heterocycles. The first kappa shape index (κ1) is 9.12. The van der Waals surface area contributed by atoms with Crippen LogP contribution in [0.15, 0.2) is 0 Å². The molecule has 0 bridgehead atoms. The van der Waals surface area contributed by atoms with Gasteiger partial charge in [-0.15, -0.1) is 11.8 Å². The molecule has 2 nitrogen and oxygen atoms in total. The Morgan fingerprint density at radius 1 is 1.42 bits per heavy atom. The molecule has 0 saturated heterocycles. The van der Waals surface area contributed by atoms with Crippen LogP contribution in [-0.4, -0.2) is 12.1 Å². The molecule has 1 heterocycles. The summed E-state index contributed by atoms with van der Waals surface area (Å²) in [6.45, 7) is 1.92. The van der Waals surface area contributed by atoms with Gasteiger partial charge in [-0.3, -0.25) is 4.79 Å². The predicted molar refractivity (Wildman–Crippen MR) is 46.4 cm³/mol. The van der Waals surface area contributed by atoms with Gasteiger partial charge in [0, 0.05) is 19.3 Å². The average molecular weight is 166 g/mol. The van der Waals surface area contributed by atoms with Crippen LogP contribution in [0, 0.1) is 11.8 Å². The van der Waals surface area contributed by atoms with E-state index in [1.165, 1.54) is 0 Å². The van der Waals surface area contributed by atoms with E-state index in [0.29, 0.717) is 6.42 Å². The summed E-state index contributed by atoms with van der Waals surface area (Å²) in [6.07, 6.45) is 3.90. The lowest BCUT2D eigenvalue weighted by Gasteiger charge is -2.11. The number of esters is 1. The van der Waals surface area contributed by atoms with E-state index in [9.17, 15) is 4.79 Å². The minimum absolute atomic E-state index is 0.0323. The molecule has 2 heteroatoms. The van der Waals surface area contributed by atoms with Gasteiger partial charge in [-0.2, -0.15) is 0 Å². The third kappa shape index (κ3) is 3.43. The molecule has 0 amide bonds. The maximum atomic E-state index is 11.0. The molecule has 0 aromatic heterocycles. The fourth-order valence-corrected chi connectivity index (χ4v) is 1.12. The topological polar surface area (TPSA) is 26.3 Å². The minimum Gasteiger partial charge on any atom is -0.463 e. The zero-order chi connectivity index (χ0) is 8.81. The Bertz CT molecular complexity index is 210. The second-order valence-electron chi connectivity index (χ2n) is 3.05. The van der Waals surface area contributed by atoms with Crippen molar-refractivity contribution in [2.45, 2.75) is 45.1 Å². The van der Waals surface area contributed by atoms with E-state index < -0.39 is 0 Å². The van der Waals surface area contributed by atoms with Crippen molar-refractivity contribution in [2.24, 2.45) is 0 Å². The fourth-order valence-electron chi connectivity index (χ4n) is 1.12. The number of hydrogen-bond donors (Lipinski definition) is 0. The van der Waals surface area contributed by atoms with Gasteiger partial charge in [-0.1, -0.05) is 0 Å². The predicted octanol–water partition coefficient (Wildman–Crippen LogP) is 1.89. The fraction of sp³-hybridized carbons (Fsp3) is 0.700. The molecular weight excluding hydrogens is 152 g/mol. The van der Waals surface area contributed by atoms with E-state index in [1.54, 1.807) is 0 Å². The molecule has 0 spiro atoms. The Morgan fingerprint density at radius 2 is 2.17 bits per heavy atom. The van der Waals surface area contributed by atoms with Gasteiger partial charge < -0.3 is 4.74 Å². The summed E-state index contributed by atoms with van der Waals surface area (Å²) in [6, 6.07) is 0. The third-order valence-electron chi connectivity index (χ3n) is 1.82. The van der Waals surface area contributed by atoms with Crippen LogP contribution in [-0.2, 0) is 9.53 Å². The molecule has 0 N–H and O–H groups in total. The van der Waals surface area contributed by atoms with Gasteiger partial charge in [0.05, 0.1) is 6.10 Å². The van der Waals surface area contributed by atoms with Crippen molar-refractivity contribution in [1.29, 1.82) is 0 Å². The SMILES string of the molecule is CC1CCC#CCCCC(=O)O1. The molecular formula is C10H14O2. The van der Waals surface area contributed by atoms with Gasteiger partial charge in [0.15, 0.2) is 0 Å². The lowest BCUT2D eigenvalue weighted by molar-refractivity contribution is -0.148. The van der Waals surface area contributed by atoms with Crippen LogP contribution < -0.4 is 0 Å². The Labute approximate surface area is 73.3 Å². The highest BCUT2D eigenvalue weighted by molar-refractivity contribution is 5.69. The standard InChI is InChI=1S/C10H14O2/c1-9-7-5-3-2-4-6-8-10(11)12-9/h9H,4-8H2,1H3. The van der Waals surface area contributed by atoms with Crippen molar-refractivity contribution in [3.05, 3.63) is 0 Å². The highest BCUT2D eigenvalue weighted by Crippen LogP contribution is 2.06. The van der Waals surface area contributed by atoms with Crippen molar-refractivity contribution < 1.29 is 9.53 Å². The maximum Gasteiger partial charge on any atom is 0.306 e. The van der Waals surface area contributed by atoms with Crippen LogP contribution in [0.3, 0.4) is 0 Å². The van der Waals surface area contributed by atoms with Crippen LogP contribution in [0.2, 0.25) is 0 Å². The van der Waals surface area contributed by atoms with Gasteiger partial charge in [-0.05, 0) is 19.8 Å². The van der Waals surface area contributed by atoms with Crippen molar-refractivity contribution in [3.8, 4) is 11.8 Å². The highest BCUT2D eigenvalue weighted by atomic mass is 16.5. The van der Waals surface area contributed by atoms with Crippen LogP contribution in [0.1, 0.15) is 39.0 Å². The van der Waals surface area contributed by atoms with Gasteiger partial charge in [0.1, 0.15) is 0 Å². The normalized spacial score (nSPS) is 25.1. The Balaban J connectivity index is 2.44. The number of carbonyl (C=O) groups is 1. The summed E-state index contributed by atoms with van der Waals surface area (Å²) in [7, 11) is 0. The van der Waals surface area contributed by atoms with Crippen molar-refractivity contribution in [3.63, 3.8) is 0 Å². The number of hydrogen-bond acceptors (Lipinski definition) is 2. The molecule has 12 heavy (non-hydrogen) atoms. The lowest BCUT2D eigenvalue weighted by atomic mass is 10.2. The van der Waals surface area contributed by atoms with E-state index in [4.69, 9.17) is 4.74 Å². The molecule has 1 rings (SSSR count). The number of rotatable bonds is 0. The van der Waals surface area contributed by atoms with Gasteiger partial charge in [0.2, 0.25) is 0 Å². The molecule has 0 radical (unpaired) electrons. The first-order valence-corrected chi connectivity index (χ1v) is 4.44. The molecule has 1 atom stereocenters. The summed E-state index contributed by atoms with van der Waals surface area (Å²) in [5.41, 5.74) is 0. The van der Waals surface area contributed by atoms with E-state index in [2.05, 4.69) is 11.8 Å². The first-order valence-electron chi connectivity index (χ1n) is 4.44. The van der Waals surface area contributed by atoms with Gasteiger partial charge in [0.25, 0.3) is 0 Å². The molecule has 0 fully saturated rings. The highest BCUT2D eigenvalue weighted by Gasteiger charge is 2.08. The number of cyclic esters (lactones) is 1. The molecule has 0 aromatic carbocycles. The number of carbonyl (C=O) groups excluding carboxylic acids is 1. The zero-order valence-corrected chi connectivity index (χ0v) is 7.43. The van der Waals surface area contributed by atoms with Crippen LogP contribution in [0.4, 0.5) is 0 Å². The second-order valence-corrected chi connectivity index (χ2v) is 3.05. The molecule has 0 aliphatic carbocycles. The zero-order valence-electron chi connectivity index (χ0n) is 7.43. The summed E-state index contributed by atoms with van der Waals surface area (Å²) >= 11 is 0. The molecule has 1 aliphatic rings. The maximum absolute atomic E-state index is 11.0. The molecule has 1 unspecified atom stereocenters. The van der Waals surface area contributed by atoms with Crippen LogP contribution >= 0.6 is 0 Å². The van der Waals surface area contributed by atoms with Crippen LogP contribution in [0.5, 0.6) is 0 Å². The van der Waals surface area contributed by atoms with Crippen molar-refractivity contribution in [2.75, 3.05) is 0 Å².